The monoisotopic (exact) mass is 384 g/mol. The molecule has 0 aliphatic rings. The molecule has 2 rings (SSSR count). The van der Waals surface area contributed by atoms with Crippen molar-refractivity contribution in [1.29, 1.82) is 0 Å². The molecule has 0 fully saturated rings. The number of thiocarbonyl (C=S) groups is 1. The predicted octanol–water partition coefficient (Wildman–Crippen LogP) is 5.51. The Morgan fingerprint density at radius 3 is 2.67 bits per heavy atom. The molecule has 0 saturated heterocycles. The number of anilines is 1. The zero-order chi connectivity index (χ0) is 19.6. The molecule has 1 amide bonds. The summed E-state index contributed by atoms with van der Waals surface area (Å²) in [5.74, 6) is 0.843. The fraction of sp³-hybridized carbons (Fsp3) is 0.364. The Labute approximate surface area is 167 Å². The molecule has 2 aromatic carbocycles. The number of para-hydroxylation sites is 1. The van der Waals surface area contributed by atoms with Gasteiger partial charge in [0, 0.05) is 11.3 Å². The van der Waals surface area contributed by atoms with Crippen LogP contribution in [0.5, 0.6) is 5.75 Å². The Morgan fingerprint density at radius 1 is 1.15 bits per heavy atom. The number of amides is 1. The normalized spacial score (nSPS) is 11.5. The number of benzene rings is 2. The maximum absolute atomic E-state index is 12.5. The summed E-state index contributed by atoms with van der Waals surface area (Å²) in [5.41, 5.74) is 2.63. The highest BCUT2D eigenvalue weighted by Crippen LogP contribution is 2.26. The second kappa shape index (κ2) is 10.7. The molecule has 4 nitrogen and oxygen atoms in total. The summed E-state index contributed by atoms with van der Waals surface area (Å²) in [6, 6.07) is 15.2. The first kappa shape index (κ1) is 20.9. The molecule has 0 saturated carbocycles. The zero-order valence-electron chi connectivity index (χ0n) is 16.2. The SMILES string of the molecule is CCCCOc1cccc(C(=O)NC(=S)Nc2ccccc2[C@H](C)CC)c1. The summed E-state index contributed by atoms with van der Waals surface area (Å²) in [6.07, 6.45) is 3.08. The van der Waals surface area contributed by atoms with Crippen LogP contribution in [0.3, 0.4) is 0 Å². The van der Waals surface area contributed by atoms with E-state index in [0.717, 1.165) is 24.9 Å². The zero-order valence-corrected chi connectivity index (χ0v) is 17.1. The minimum absolute atomic E-state index is 0.255. The standard InChI is InChI=1S/C22H28N2O2S/c1-4-6-14-26-18-11-9-10-17(15-18)21(25)24-22(27)23-20-13-8-7-12-19(20)16(3)5-2/h7-13,15-16H,4-6,14H2,1-3H3,(H2,23,24,25,27)/t16-/m1/s1. The molecular weight excluding hydrogens is 356 g/mol. The van der Waals surface area contributed by atoms with Gasteiger partial charge < -0.3 is 10.1 Å². The third kappa shape index (κ3) is 6.36. The van der Waals surface area contributed by atoms with E-state index in [9.17, 15) is 4.79 Å². The maximum Gasteiger partial charge on any atom is 0.257 e. The summed E-state index contributed by atoms with van der Waals surface area (Å²) in [4.78, 5) is 12.5. The van der Waals surface area contributed by atoms with Gasteiger partial charge in [0.1, 0.15) is 5.75 Å². The van der Waals surface area contributed by atoms with Gasteiger partial charge in [-0.15, -0.1) is 0 Å². The number of hydrogen-bond acceptors (Lipinski definition) is 3. The summed E-state index contributed by atoms with van der Waals surface area (Å²) < 4.78 is 5.66. The molecular formula is C22H28N2O2S. The van der Waals surface area contributed by atoms with Crippen LogP contribution in [0.4, 0.5) is 5.69 Å². The van der Waals surface area contributed by atoms with Gasteiger partial charge in [0.15, 0.2) is 5.11 Å². The van der Waals surface area contributed by atoms with Gasteiger partial charge in [0.2, 0.25) is 0 Å². The Hall–Kier alpha value is -2.40. The van der Waals surface area contributed by atoms with Gasteiger partial charge in [-0.1, -0.05) is 51.5 Å². The Bertz CT molecular complexity index is 776. The van der Waals surface area contributed by atoms with E-state index in [2.05, 4.69) is 37.5 Å². The van der Waals surface area contributed by atoms with Crippen LogP contribution in [0.1, 0.15) is 61.9 Å². The third-order valence-electron chi connectivity index (χ3n) is 4.44. The van der Waals surface area contributed by atoms with Crippen molar-refractivity contribution in [3.63, 3.8) is 0 Å². The molecule has 0 bridgehead atoms. The van der Waals surface area contributed by atoms with Crippen LogP contribution >= 0.6 is 12.2 Å². The van der Waals surface area contributed by atoms with E-state index in [0.29, 0.717) is 23.8 Å². The molecule has 0 unspecified atom stereocenters. The molecule has 0 aromatic heterocycles. The molecule has 0 radical (unpaired) electrons. The van der Waals surface area contributed by atoms with E-state index < -0.39 is 0 Å². The van der Waals surface area contributed by atoms with Crippen LogP contribution in [-0.2, 0) is 0 Å². The average Bonchev–Trinajstić information content (AvgIpc) is 2.68. The largest absolute Gasteiger partial charge is 0.494 e. The molecule has 1 atom stereocenters. The van der Waals surface area contributed by atoms with E-state index >= 15 is 0 Å². The van der Waals surface area contributed by atoms with Crippen LogP contribution in [0.25, 0.3) is 0 Å². The van der Waals surface area contributed by atoms with Crippen molar-refractivity contribution in [3.8, 4) is 5.75 Å². The van der Waals surface area contributed by atoms with Gasteiger partial charge >= 0.3 is 0 Å². The van der Waals surface area contributed by atoms with Gasteiger partial charge in [0.05, 0.1) is 6.61 Å². The second-order valence-electron chi connectivity index (χ2n) is 6.53. The molecule has 0 heterocycles. The molecule has 2 N–H and O–H groups in total. The summed E-state index contributed by atoms with van der Waals surface area (Å²) in [5, 5.41) is 6.19. The third-order valence-corrected chi connectivity index (χ3v) is 4.65. The fourth-order valence-electron chi connectivity index (χ4n) is 2.65. The topological polar surface area (TPSA) is 50.4 Å². The molecule has 0 aliphatic carbocycles. The van der Waals surface area contributed by atoms with Crippen molar-refractivity contribution < 1.29 is 9.53 Å². The Morgan fingerprint density at radius 2 is 1.93 bits per heavy atom. The van der Waals surface area contributed by atoms with E-state index in [1.165, 1.54) is 5.56 Å². The average molecular weight is 385 g/mol. The van der Waals surface area contributed by atoms with Gasteiger partial charge in [-0.2, -0.15) is 0 Å². The fourth-order valence-corrected chi connectivity index (χ4v) is 2.85. The quantitative estimate of drug-likeness (QED) is 0.466. The smallest absolute Gasteiger partial charge is 0.257 e. The lowest BCUT2D eigenvalue weighted by Gasteiger charge is -2.17. The Kier molecular flexibility index (Phi) is 8.27. The van der Waals surface area contributed by atoms with E-state index in [4.69, 9.17) is 17.0 Å². The van der Waals surface area contributed by atoms with Gasteiger partial charge in [0.25, 0.3) is 5.91 Å². The maximum atomic E-state index is 12.5. The Balaban J connectivity index is 2.00. The van der Waals surface area contributed by atoms with E-state index in [1.807, 2.05) is 30.3 Å². The van der Waals surface area contributed by atoms with Crippen molar-refractivity contribution in [2.45, 2.75) is 46.0 Å². The lowest BCUT2D eigenvalue weighted by molar-refractivity contribution is 0.0977. The highest BCUT2D eigenvalue weighted by Gasteiger charge is 2.12. The number of hydrogen-bond donors (Lipinski definition) is 2. The molecule has 2 aromatic rings. The highest BCUT2D eigenvalue weighted by atomic mass is 32.1. The molecule has 5 heteroatoms. The van der Waals surface area contributed by atoms with Crippen molar-refractivity contribution in [3.05, 3.63) is 59.7 Å². The van der Waals surface area contributed by atoms with Crippen LogP contribution in [0, 0.1) is 0 Å². The van der Waals surface area contributed by atoms with Crippen molar-refractivity contribution in [1.82, 2.24) is 5.32 Å². The lowest BCUT2D eigenvalue weighted by atomic mass is 9.97. The summed E-state index contributed by atoms with van der Waals surface area (Å²) >= 11 is 5.34. The predicted molar refractivity (Wildman–Crippen MR) is 116 cm³/mol. The van der Waals surface area contributed by atoms with Gasteiger partial charge in [-0.05, 0) is 60.8 Å². The number of carbonyl (C=O) groups is 1. The number of carbonyl (C=O) groups excluding carboxylic acids is 1. The van der Waals surface area contributed by atoms with Crippen LogP contribution in [0.2, 0.25) is 0 Å². The lowest BCUT2D eigenvalue weighted by Crippen LogP contribution is -2.34. The minimum Gasteiger partial charge on any atom is -0.494 e. The number of ether oxygens (including phenoxy) is 1. The van der Waals surface area contributed by atoms with Crippen LogP contribution in [0.15, 0.2) is 48.5 Å². The molecule has 0 spiro atoms. The van der Waals surface area contributed by atoms with Crippen molar-refractivity contribution >= 4 is 28.9 Å². The van der Waals surface area contributed by atoms with E-state index in [1.54, 1.807) is 12.1 Å². The van der Waals surface area contributed by atoms with E-state index in [-0.39, 0.29) is 11.0 Å². The first-order chi connectivity index (χ1) is 13.0. The minimum atomic E-state index is -0.255. The molecule has 27 heavy (non-hydrogen) atoms. The number of nitrogens with one attached hydrogen (secondary N) is 2. The second-order valence-corrected chi connectivity index (χ2v) is 6.94. The van der Waals surface area contributed by atoms with Crippen LogP contribution in [-0.4, -0.2) is 17.6 Å². The highest BCUT2D eigenvalue weighted by molar-refractivity contribution is 7.80. The first-order valence-electron chi connectivity index (χ1n) is 9.49. The summed E-state index contributed by atoms with van der Waals surface area (Å²) in [7, 11) is 0. The van der Waals surface area contributed by atoms with Crippen molar-refractivity contribution in [2.75, 3.05) is 11.9 Å². The number of rotatable bonds is 8. The molecule has 144 valence electrons. The van der Waals surface area contributed by atoms with Gasteiger partial charge in [-0.3, -0.25) is 10.1 Å². The first-order valence-corrected chi connectivity index (χ1v) is 9.90. The summed E-state index contributed by atoms with van der Waals surface area (Å²) in [6.45, 7) is 7.08. The van der Waals surface area contributed by atoms with Gasteiger partial charge in [-0.25, -0.2) is 0 Å². The van der Waals surface area contributed by atoms with Crippen LogP contribution < -0.4 is 15.4 Å². The number of unbranched alkanes of at least 4 members (excludes halogenated alkanes) is 1. The molecule has 0 aliphatic heterocycles. The van der Waals surface area contributed by atoms with Crippen molar-refractivity contribution in [2.24, 2.45) is 0 Å².